The van der Waals surface area contributed by atoms with Crippen LogP contribution in [0.2, 0.25) is 0 Å². The van der Waals surface area contributed by atoms with Crippen LogP contribution in [-0.2, 0) is 11.3 Å². The van der Waals surface area contributed by atoms with Crippen LogP contribution in [-0.4, -0.2) is 18.1 Å². The predicted octanol–water partition coefficient (Wildman–Crippen LogP) is 1.28. The minimum absolute atomic E-state index is 0. The molecule has 4 heteroatoms. The molecule has 78 valence electrons. The SMILES string of the molecule is COc1ccc(CNC(C)=O)cc1O.[HH]. The first kappa shape index (κ1) is 10.4. The van der Waals surface area contributed by atoms with Crippen molar-refractivity contribution in [1.29, 1.82) is 0 Å². The van der Waals surface area contributed by atoms with Crippen LogP contribution < -0.4 is 10.1 Å². The van der Waals surface area contributed by atoms with Gasteiger partial charge in [-0.05, 0) is 17.7 Å². The fourth-order valence-corrected chi connectivity index (χ4v) is 1.07. The van der Waals surface area contributed by atoms with Gasteiger partial charge in [0.15, 0.2) is 11.5 Å². The Kier molecular flexibility index (Phi) is 3.34. The van der Waals surface area contributed by atoms with Gasteiger partial charge in [0.25, 0.3) is 0 Å². The van der Waals surface area contributed by atoms with E-state index in [2.05, 4.69) is 5.32 Å². The molecule has 0 spiro atoms. The molecule has 0 fully saturated rings. The summed E-state index contributed by atoms with van der Waals surface area (Å²) >= 11 is 0. The monoisotopic (exact) mass is 197 g/mol. The molecular weight excluding hydrogens is 182 g/mol. The first-order valence-electron chi connectivity index (χ1n) is 4.24. The van der Waals surface area contributed by atoms with Crippen LogP contribution in [0.5, 0.6) is 11.5 Å². The van der Waals surface area contributed by atoms with E-state index >= 15 is 0 Å². The van der Waals surface area contributed by atoms with Gasteiger partial charge in [0.1, 0.15) is 0 Å². The van der Waals surface area contributed by atoms with E-state index in [-0.39, 0.29) is 13.1 Å². The number of nitrogens with one attached hydrogen (secondary N) is 1. The molecule has 0 saturated carbocycles. The number of hydrogen-bond acceptors (Lipinski definition) is 3. The number of ether oxygens (including phenoxy) is 1. The highest BCUT2D eigenvalue weighted by atomic mass is 16.5. The summed E-state index contributed by atoms with van der Waals surface area (Å²) in [6.45, 7) is 1.86. The van der Waals surface area contributed by atoms with E-state index in [9.17, 15) is 9.90 Å². The van der Waals surface area contributed by atoms with Gasteiger partial charge in [-0.15, -0.1) is 0 Å². The van der Waals surface area contributed by atoms with Crippen LogP contribution in [0.15, 0.2) is 18.2 Å². The summed E-state index contributed by atoms with van der Waals surface area (Å²) in [5.41, 5.74) is 0.832. The van der Waals surface area contributed by atoms with Gasteiger partial charge < -0.3 is 15.2 Å². The van der Waals surface area contributed by atoms with Crippen molar-refractivity contribution in [3.05, 3.63) is 23.8 Å². The Bertz CT molecular complexity index is 341. The Balaban J connectivity index is 0.00000196. The van der Waals surface area contributed by atoms with Gasteiger partial charge >= 0.3 is 0 Å². The molecule has 1 aromatic carbocycles. The molecule has 0 saturated heterocycles. The maximum Gasteiger partial charge on any atom is 0.217 e. The molecular formula is C10H15NO3. The Morgan fingerprint density at radius 2 is 2.36 bits per heavy atom. The molecule has 0 aliphatic rings. The summed E-state index contributed by atoms with van der Waals surface area (Å²) in [5.74, 6) is 0.409. The number of phenolic OH excluding ortho intramolecular Hbond substituents is 1. The van der Waals surface area contributed by atoms with Crippen molar-refractivity contribution in [3.63, 3.8) is 0 Å². The van der Waals surface area contributed by atoms with E-state index in [1.54, 1.807) is 18.2 Å². The first-order valence-corrected chi connectivity index (χ1v) is 4.24. The molecule has 0 aliphatic carbocycles. The lowest BCUT2D eigenvalue weighted by atomic mass is 10.2. The molecule has 0 aromatic heterocycles. The minimum Gasteiger partial charge on any atom is -0.504 e. The molecule has 0 bridgehead atoms. The summed E-state index contributed by atoms with van der Waals surface area (Å²) < 4.78 is 4.89. The lowest BCUT2D eigenvalue weighted by Crippen LogP contribution is -2.18. The standard InChI is InChI=1S/C10H13NO3.H2/c1-7(12)11-6-8-3-4-10(14-2)9(13)5-8;/h3-5,13H,6H2,1-2H3,(H,11,12);1H. The highest BCUT2D eigenvalue weighted by molar-refractivity contribution is 5.72. The Morgan fingerprint density at radius 1 is 1.64 bits per heavy atom. The highest BCUT2D eigenvalue weighted by Crippen LogP contribution is 2.25. The highest BCUT2D eigenvalue weighted by Gasteiger charge is 2.02. The van der Waals surface area contributed by atoms with Crippen LogP contribution in [0.1, 0.15) is 13.9 Å². The molecule has 0 atom stereocenters. The second-order valence-corrected chi connectivity index (χ2v) is 2.92. The van der Waals surface area contributed by atoms with Crippen molar-refractivity contribution in [2.75, 3.05) is 7.11 Å². The average molecular weight is 197 g/mol. The zero-order chi connectivity index (χ0) is 10.6. The topological polar surface area (TPSA) is 58.6 Å². The van der Waals surface area contributed by atoms with Gasteiger partial charge in [-0.1, -0.05) is 6.07 Å². The molecule has 0 radical (unpaired) electrons. The molecule has 2 N–H and O–H groups in total. The largest absolute Gasteiger partial charge is 0.504 e. The second kappa shape index (κ2) is 4.50. The van der Waals surface area contributed by atoms with Crippen LogP contribution in [0.4, 0.5) is 0 Å². The minimum atomic E-state index is -0.0969. The molecule has 1 amide bonds. The maximum absolute atomic E-state index is 10.6. The van der Waals surface area contributed by atoms with Gasteiger partial charge in [0.2, 0.25) is 5.91 Å². The number of hydrogen-bond donors (Lipinski definition) is 2. The third kappa shape index (κ3) is 2.65. The molecule has 14 heavy (non-hydrogen) atoms. The quantitative estimate of drug-likeness (QED) is 0.767. The maximum atomic E-state index is 10.6. The lowest BCUT2D eigenvalue weighted by Gasteiger charge is -2.06. The van der Waals surface area contributed by atoms with E-state index < -0.39 is 0 Å². The number of rotatable bonds is 3. The van der Waals surface area contributed by atoms with Crippen molar-refractivity contribution >= 4 is 5.91 Å². The third-order valence-electron chi connectivity index (χ3n) is 1.78. The van der Waals surface area contributed by atoms with Gasteiger partial charge in [-0.2, -0.15) is 0 Å². The summed E-state index contributed by atoms with van der Waals surface area (Å²) in [6, 6.07) is 5.01. The van der Waals surface area contributed by atoms with Crippen LogP contribution in [0, 0.1) is 0 Å². The molecule has 0 aliphatic heterocycles. The number of benzene rings is 1. The van der Waals surface area contributed by atoms with Crippen molar-refractivity contribution < 1.29 is 16.1 Å². The average Bonchev–Trinajstić information content (AvgIpc) is 2.15. The molecule has 1 aromatic rings. The van der Waals surface area contributed by atoms with Crippen molar-refractivity contribution in [1.82, 2.24) is 5.32 Å². The number of amides is 1. The molecule has 1 rings (SSSR count). The van der Waals surface area contributed by atoms with E-state index in [1.807, 2.05) is 0 Å². The van der Waals surface area contributed by atoms with E-state index in [0.29, 0.717) is 12.3 Å². The zero-order valence-electron chi connectivity index (χ0n) is 8.20. The molecule has 0 heterocycles. The fourth-order valence-electron chi connectivity index (χ4n) is 1.07. The van der Waals surface area contributed by atoms with E-state index in [1.165, 1.54) is 14.0 Å². The van der Waals surface area contributed by atoms with Crippen LogP contribution in [0.3, 0.4) is 0 Å². The summed E-state index contributed by atoms with van der Waals surface area (Å²) in [6.07, 6.45) is 0. The van der Waals surface area contributed by atoms with Crippen molar-refractivity contribution in [2.45, 2.75) is 13.5 Å². The van der Waals surface area contributed by atoms with Gasteiger partial charge in [0, 0.05) is 14.9 Å². The Labute approximate surface area is 84.0 Å². The predicted molar refractivity (Wildman–Crippen MR) is 54.3 cm³/mol. The summed E-state index contributed by atoms with van der Waals surface area (Å²) in [7, 11) is 1.49. The van der Waals surface area contributed by atoms with Crippen LogP contribution in [0.25, 0.3) is 0 Å². The first-order chi connectivity index (χ1) is 6.63. The van der Waals surface area contributed by atoms with E-state index in [0.717, 1.165) is 5.56 Å². The van der Waals surface area contributed by atoms with Crippen LogP contribution >= 0.6 is 0 Å². The van der Waals surface area contributed by atoms with Gasteiger partial charge in [0.05, 0.1) is 7.11 Å². The fraction of sp³-hybridized carbons (Fsp3) is 0.300. The number of methoxy groups -OCH3 is 1. The normalized spacial score (nSPS) is 9.57. The van der Waals surface area contributed by atoms with Gasteiger partial charge in [-0.25, -0.2) is 0 Å². The number of phenols is 1. The van der Waals surface area contributed by atoms with E-state index in [4.69, 9.17) is 4.74 Å². The summed E-state index contributed by atoms with van der Waals surface area (Å²) in [4.78, 5) is 10.6. The van der Waals surface area contributed by atoms with Crippen molar-refractivity contribution in [2.24, 2.45) is 0 Å². The Morgan fingerprint density at radius 3 is 2.86 bits per heavy atom. The Hall–Kier alpha value is -1.71. The number of carbonyl (C=O) groups is 1. The lowest BCUT2D eigenvalue weighted by molar-refractivity contribution is -0.119. The second-order valence-electron chi connectivity index (χ2n) is 2.92. The smallest absolute Gasteiger partial charge is 0.217 e. The number of aromatic hydroxyl groups is 1. The van der Waals surface area contributed by atoms with Crippen molar-refractivity contribution in [3.8, 4) is 11.5 Å². The zero-order valence-corrected chi connectivity index (χ0v) is 8.20. The molecule has 4 nitrogen and oxygen atoms in total. The number of carbonyl (C=O) groups excluding carboxylic acids is 1. The third-order valence-corrected chi connectivity index (χ3v) is 1.78. The van der Waals surface area contributed by atoms with Gasteiger partial charge in [-0.3, -0.25) is 4.79 Å². The molecule has 0 unspecified atom stereocenters. The summed E-state index contributed by atoms with van der Waals surface area (Å²) in [5, 5.41) is 12.1.